The van der Waals surface area contributed by atoms with Crippen LogP contribution in [-0.2, 0) is 0 Å². The van der Waals surface area contributed by atoms with E-state index >= 15 is 0 Å². The summed E-state index contributed by atoms with van der Waals surface area (Å²) in [5.41, 5.74) is 1.89. The van der Waals surface area contributed by atoms with Crippen molar-refractivity contribution in [1.82, 2.24) is 19.6 Å². The molecule has 1 fully saturated rings. The predicted octanol–water partition coefficient (Wildman–Crippen LogP) is 4.39. The fourth-order valence-electron chi connectivity index (χ4n) is 4.30. The summed E-state index contributed by atoms with van der Waals surface area (Å²) in [5.74, 6) is 0.431. The minimum Gasteiger partial charge on any atom is -0.435 e. The Morgan fingerprint density at radius 2 is 1.79 bits per heavy atom. The number of pyridine rings is 1. The van der Waals surface area contributed by atoms with Gasteiger partial charge in [-0.25, -0.2) is 4.98 Å². The summed E-state index contributed by atoms with van der Waals surface area (Å²) in [5, 5.41) is 2.97. The van der Waals surface area contributed by atoms with Crippen molar-refractivity contribution in [1.29, 1.82) is 0 Å². The monoisotopic (exact) mass is 470 g/mol. The van der Waals surface area contributed by atoms with E-state index in [0.717, 1.165) is 37.8 Å². The fraction of sp³-hybridized carbons (Fsp3) is 0.400. The molecule has 0 radical (unpaired) electrons. The SMILES string of the molecule is O=C(NCCCCC1CCN(C(=O)c2ccc(OC(F)F)cc2)CC1)c1ccc2nccn2c1. The molecule has 2 aromatic heterocycles. The molecule has 1 aliphatic rings. The van der Waals surface area contributed by atoms with Crippen LogP contribution >= 0.6 is 0 Å². The number of aromatic nitrogens is 2. The number of benzene rings is 1. The lowest BCUT2D eigenvalue weighted by Gasteiger charge is -2.32. The molecule has 180 valence electrons. The molecule has 2 amide bonds. The first-order chi connectivity index (χ1) is 16.5. The van der Waals surface area contributed by atoms with E-state index in [2.05, 4.69) is 15.0 Å². The van der Waals surface area contributed by atoms with Crippen LogP contribution in [-0.4, -0.2) is 52.3 Å². The van der Waals surface area contributed by atoms with Crippen molar-refractivity contribution in [2.45, 2.75) is 38.7 Å². The first-order valence-electron chi connectivity index (χ1n) is 11.5. The number of ether oxygens (including phenoxy) is 1. The largest absolute Gasteiger partial charge is 0.435 e. The number of likely N-dealkylation sites (tertiary alicyclic amines) is 1. The zero-order valence-electron chi connectivity index (χ0n) is 18.8. The number of nitrogens with zero attached hydrogens (tertiary/aromatic N) is 3. The molecule has 9 heteroatoms. The van der Waals surface area contributed by atoms with Crippen molar-refractivity contribution in [3.8, 4) is 5.75 Å². The van der Waals surface area contributed by atoms with Crippen molar-refractivity contribution in [2.75, 3.05) is 19.6 Å². The smallest absolute Gasteiger partial charge is 0.387 e. The zero-order chi connectivity index (χ0) is 23.9. The van der Waals surface area contributed by atoms with Gasteiger partial charge in [-0.1, -0.05) is 12.8 Å². The standard InChI is InChI=1S/C25H28F2N4O3/c26-25(27)34-21-7-4-19(5-8-21)24(33)30-14-10-18(11-15-30)3-1-2-12-29-23(32)20-6-9-22-28-13-16-31(22)17-20/h4-9,13,16-18,25H,1-3,10-12,14-15H2,(H,29,32). The first kappa shape index (κ1) is 23.7. The molecule has 1 saturated heterocycles. The first-order valence-corrected chi connectivity index (χ1v) is 11.5. The van der Waals surface area contributed by atoms with Gasteiger partial charge in [0.25, 0.3) is 11.8 Å². The lowest BCUT2D eigenvalue weighted by atomic mass is 9.91. The second kappa shape index (κ2) is 11.1. The van der Waals surface area contributed by atoms with Gasteiger partial charge in [0.05, 0.1) is 5.56 Å². The van der Waals surface area contributed by atoms with Crippen molar-refractivity contribution < 1.29 is 23.1 Å². The van der Waals surface area contributed by atoms with Gasteiger partial charge in [-0.2, -0.15) is 8.78 Å². The van der Waals surface area contributed by atoms with E-state index in [1.54, 1.807) is 18.5 Å². The van der Waals surface area contributed by atoms with E-state index in [1.807, 2.05) is 21.6 Å². The molecule has 7 nitrogen and oxygen atoms in total. The zero-order valence-corrected chi connectivity index (χ0v) is 18.8. The highest BCUT2D eigenvalue weighted by Gasteiger charge is 2.23. The summed E-state index contributed by atoms with van der Waals surface area (Å²) in [6, 6.07) is 9.42. The molecule has 0 saturated carbocycles. The average Bonchev–Trinajstić information content (AvgIpc) is 3.32. The number of piperidine rings is 1. The number of halogens is 2. The maximum atomic E-state index is 12.7. The quantitative estimate of drug-likeness (QED) is 0.471. The maximum Gasteiger partial charge on any atom is 0.387 e. The van der Waals surface area contributed by atoms with Gasteiger partial charge in [0, 0.05) is 43.8 Å². The van der Waals surface area contributed by atoms with Crippen LogP contribution in [0.4, 0.5) is 8.78 Å². The summed E-state index contributed by atoms with van der Waals surface area (Å²) >= 11 is 0. The van der Waals surface area contributed by atoms with Crippen LogP contribution in [0.3, 0.4) is 0 Å². The number of amides is 2. The molecular weight excluding hydrogens is 442 g/mol. The molecule has 1 aromatic carbocycles. The van der Waals surface area contributed by atoms with Gasteiger partial charge in [-0.15, -0.1) is 0 Å². The third-order valence-electron chi connectivity index (χ3n) is 6.20. The molecular formula is C25H28F2N4O3. The van der Waals surface area contributed by atoms with Crippen LogP contribution < -0.4 is 10.1 Å². The van der Waals surface area contributed by atoms with E-state index < -0.39 is 6.61 Å². The van der Waals surface area contributed by atoms with Crippen molar-refractivity contribution in [2.24, 2.45) is 5.92 Å². The Hall–Kier alpha value is -3.49. The lowest BCUT2D eigenvalue weighted by molar-refractivity contribution is -0.0498. The van der Waals surface area contributed by atoms with E-state index in [0.29, 0.717) is 36.7 Å². The van der Waals surface area contributed by atoms with Crippen LogP contribution in [0, 0.1) is 5.92 Å². The van der Waals surface area contributed by atoms with Gasteiger partial charge >= 0.3 is 6.61 Å². The molecule has 0 aliphatic carbocycles. The van der Waals surface area contributed by atoms with Gasteiger partial charge in [0.1, 0.15) is 11.4 Å². The molecule has 1 aliphatic heterocycles. The third kappa shape index (κ3) is 6.09. The summed E-state index contributed by atoms with van der Waals surface area (Å²) in [6.07, 6.45) is 10.2. The Balaban J connectivity index is 1.13. The van der Waals surface area contributed by atoms with Gasteiger partial charge in [-0.3, -0.25) is 9.59 Å². The Labute approximate surface area is 196 Å². The van der Waals surface area contributed by atoms with E-state index in [1.165, 1.54) is 24.3 Å². The Kier molecular flexibility index (Phi) is 7.72. The summed E-state index contributed by atoms with van der Waals surface area (Å²) in [4.78, 5) is 31.0. The predicted molar refractivity (Wildman–Crippen MR) is 123 cm³/mol. The molecule has 0 unspecified atom stereocenters. The summed E-state index contributed by atoms with van der Waals surface area (Å²) in [7, 11) is 0. The third-order valence-corrected chi connectivity index (χ3v) is 6.20. The van der Waals surface area contributed by atoms with Gasteiger partial charge in [0.2, 0.25) is 0 Å². The van der Waals surface area contributed by atoms with Crippen LogP contribution in [0.2, 0.25) is 0 Å². The molecule has 4 rings (SSSR count). The minimum absolute atomic E-state index is 0.0423. The lowest BCUT2D eigenvalue weighted by Crippen LogP contribution is -2.38. The second-order valence-electron chi connectivity index (χ2n) is 8.50. The normalized spacial score (nSPS) is 14.5. The van der Waals surface area contributed by atoms with Crippen molar-refractivity contribution in [3.63, 3.8) is 0 Å². The Morgan fingerprint density at radius 1 is 1.06 bits per heavy atom. The van der Waals surface area contributed by atoms with Gasteiger partial charge in [-0.05, 0) is 61.6 Å². The molecule has 3 aromatic rings. The second-order valence-corrected chi connectivity index (χ2v) is 8.50. The molecule has 0 atom stereocenters. The topological polar surface area (TPSA) is 75.9 Å². The highest BCUT2D eigenvalue weighted by Crippen LogP contribution is 2.24. The number of imidazole rings is 1. The van der Waals surface area contributed by atoms with Crippen molar-refractivity contribution in [3.05, 3.63) is 66.1 Å². The minimum atomic E-state index is -2.88. The molecule has 0 bridgehead atoms. The number of rotatable bonds is 9. The van der Waals surface area contributed by atoms with E-state index in [4.69, 9.17) is 0 Å². The number of hydrogen-bond acceptors (Lipinski definition) is 4. The van der Waals surface area contributed by atoms with Crippen molar-refractivity contribution >= 4 is 17.5 Å². The number of alkyl halides is 2. The fourth-order valence-corrected chi connectivity index (χ4v) is 4.30. The number of carbonyl (C=O) groups is 2. The van der Waals surface area contributed by atoms with Crippen LogP contribution in [0.15, 0.2) is 55.0 Å². The molecule has 34 heavy (non-hydrogen) atoms. The van der Waals surface area contributed by atoms with Gasteiger partial charge in [0.15, 0.2) is 0 Å². The number of carbonyl (C=O) groups excluding carboxylic acids is 2. The highest BCUT2D eigenvalue weighted by molar-refractivity contribution is 5.94. The van der Waals surface area contributed by atoms with Gasteiger partial charge < -0.3 is 19.4 Å². The van der Waals surface area contributed by atoms with Crippen LogP contribution in [0.1, 0.15) is 52.8 Å². The van der Waals surface area contributed by atoms with E-state index in [-0.39, 0.29) is 17.6 Å². The summed E-state index contributed by atoms with van der Waals surface area (Å²) in [6.45, 7) is -0.878. The highest BCUT2D eigenvalue weighted by atomic mass is 19.3. The average molecular weight is 471 g/mol. The molecule has 3 heterocycles. The molecule has 0 spiro atoms. The van der Waals surface area contributed by atoms with Crippen LogP contribution in [0.5, 0.6) is 5.75 Å². The number of unbranched alkanes of at least 4 members (excludes halogenated alkanes) is 1. The number of fused-ring (bicyclic) bond motifs is 1. The Bertz CT molecular complexity index is 1110. The summed E-state index contributed by atoms with van der Waals surface area (Å²) < 4.78 is 30.7. The maximum absolute atomic E-state index is 12.7. The Morgan fingerprint density at radius 3 is 2.53 bits per heavy atom. The molecule has 1 N–H and O–H groups in total. The number of hydrogen-bond donors (Lipinski definition) is 1. The van der Waals surface area contributed by atoms with E-state index in [9.17, 15) is 18.4 Å². The number of nitrogens with one attached hydrogen (secondary N) is 1. The van der Waals surface area contributed by atoms with Crippen LogP contribution in [0.25, 0.3) is 5.65 Å².